The van der Waals surface area contributed by atoms with E-state index in [1.54, 1.807) is 11.3 Å². The Labute approximate surface area is 177 Å². The second-order valence-electron chi connectivity index (χ2n) is 6.85. The van der Waals surface area contributed by atoms with Crippen LogP contribution < -0.4 is 5.32 Å². The van der Waals surface area contributed by atoms with Gasteiger partial charge >= 0.3 is 5.97 Å². The smallest absolute Gasteiger partial charge is 0.339 e. The molecule has 1 aromatic carbocycles. The molecule has 0 bridgehead atoms. The molecule has 1 aliphatic rings. The van der Waals surface area contributed by atoms with Crippen molar-refractivity contribution in [3.8, 4) is 6.07 Å². The van der Waals surface area contributed by atoms with E-state index in [-0.39, 0.29) is 19.6 Å². The standard InChI is InChI=1S/C23H19N3O3S/c24-10-4-11-25-20(27)14-29-23(28)21-17-6-1-2-7-19(17)26-22-15(8-9-18(21)22)13-16-5-3-12-30-16/h1-3,5-7,12-13H,4,8-9,11,14H2,(H,25,27)/b15-13+. The molecule has 0 atom stereocenters. The van der Waals surface area contributed by atoms with Crippen molar-refractivity contribution in [2.75, 3.05) is 13.2 Å². The number of rotatable bonds is 6. The lowest BCUT2D eigenvalue weighted by molar-refractivity contribution is -0.124. The summed E-state index contributed by atoms with van der Waals surface area (Å²) in [5.74, 6) is -0.954. The maximum Gasteiger partial charge on any atom is 0.339 e. The summed E-state index contributed by atoms with van der Waals surface area (Å²) in [7, 11) is 0. The average Bonchev–Trinajstić information content (AvgIpc) is 3.41. The monoisotopic (exact) mass is 417 g/mol. The van der Waals surface area contributed by atoms with Crippen LogP contribution in [0.4, 0.5) is 0 Å². The Morgan fingerprint density at radius 2 is 2.10 bits per heavy atom. The summed E-state index contributed by atoms with van der Waals surface area (Å²) in [6.07, 6.45) is 3.83. The molecule has 150 valence electrons. The SMILES string of the molecule is N#CCCNC(=O)COC(=O)c1c2c(nc3ccccc13)/C(=C/c1cccs1)CC2. The largest absolute Gasteiger partial charge is 0.452 e. The zero-order chi connectivity index (χ0) is 20.9. The maximum absolute atomic E-state index is 13.0. The van der Waals surface area contributed by atoms with Gasteiger partial charge in [-0.25, -0.2) is 9.78 Å². The fourth-order valence-electron chi connectivity index (χ4n) is 3.57. The normalized spacial score (nSPS) is 13.8. The number of nitrogens with zero attached hydrogens (tertiary/aromatic N) is 2. The van der Waals surface area contributed by atoms with Gasteiger partial charge in [-0.15, -0.1) is 11.3 Å². The van der Waals surface area contributed by atoms with Crippen molar-refractivity contribution in [3.05, 3.63) is 63.5 Å². The van der Waals surface area contributed by atoms with Crippen LogP contribution in [0.25, 0.3) is 22.6 Å². The molecule has 3 aromatic rings. The summed E-state index contributed by atoms with van der Waals surface area (Å²) in [5.41, 5.74) is 4.00. The number of ether oxygens (including phenoxy) is 1. The summed E-state index contributed by atoms with van der Waals surface area (Å²) in [6, 6.07) is 13.5. The number of pyridine rings is 1. The number of thiophene rings is 1. The van der Waals surface area contributed by atoms with Gasteiger partial charge in [0.25, 0.3) is 5.91 Å². The number of amides is 1. The van der Waals surface area contributed by atoms with E-state index in [9.17, 15) is 9.59 Å². The van der Waals surface area contributed by atoms with E-state index in [4.69, 9.17) is 15.0 Å². The molecule has 0 saturated carbocycles. The third-order valence-electron chi connectivity index (χ3n) is 4.90. The minimum atomic E-state index is -0.530. The van der Waals surface area contributed by atoms with E-state index in [1.807, 2.05) is 41.8 Å². The van der Waals surface area contributed by atoms with Crippen molar-refractivity contribution in [1.29, 1.82) is 5.26 Å². The molecule has 2 aromatic heterocycles. The van der Waals surface area contributed by atoms with E-state index >= 15 is 0 Å². The van der Waals surface area contributed by atoms with Gasteiger partial charge in [0.15, 0.2) is 6.61 Å². The Kier molecular flexibility index (Phi) is 5.87. The Morgan fingerprint density at radius 3 is 2.90 bits per heavy atom. The van der Waals surface area contributed by atoms with Crippen LogP contribution in [0.1, 0.15) is 39.3 Å². The number of para-hydroxylation sites is 1. The first kappa shape index (κ1) is 19.8. The van der Waals surface area contributed by atoms with Gasteiger partial charge < -0.3 is 10.1 Å². The zero-order valence-corrected chi connectivity index (χ0v) is 17.0. The highest BCUT2D eigenvalue weighted by atomic mass is 32.1. The maximum atomic E-state index is 13.0. The molecule has 0 aliphatic heterocycles. The number of nitrogens with one attached hydrogen (secondary N) is 1. The third-order valence-corrected chi connectivity index (χ3v) is 5.72. The molecule has 7 heteroatoms. The molecule has 0 saturated heterocycles. The van der Waals surface area contributed by atoms with Crippen molar-refractivity contribution in [1.82, 2.24) is 10.3 Å². The van der Waals surface area contributed by atoms with E-state index in [0.29, 0.717) is 12.0 Å². The number of nitriles is 1. The molecule has 0 fully saturated rings. The summed E-state index contributed by atoms with van der Waals surface area (Å²) >= 11 is 1.66. The number of benzene rings is 1. The molecule has 4 rings (SSSR count). The van der Waals surface area contributed by atoms with Gasteiger partial charge in [-0.2, -0.15) is 5.26 Å². The molecule has 2 heterocycles. The molecule has 0 radical (unpaired) electrons. The minimum absolute atomic E-state index is 0.210. The number of hydrogen-bond acceptors (Lipinski definition) is 6. The quantitative estimate of drug-likeness (QED) is 0.484. The lowest BCUT2D eigenvalue weighted by atomic mass is 10.0. The number of esters is 1. The van der Waals surface area contributed by atoms with Crippen molar-refractivity contribution < 1.29 is 14.3 Å². The lowest BCUT2D eigenvalue weighted by Gasteiger charge is -2.12. The van der Waals surface area contributed by atoms with Crippen molar-refractivity contribution in [3.63, 3.8) is 0 Å². The lowest BCUT2D eigenvalue weighted by Crippen LogP contribution is -2.29. The first-order valence-corrected chi connectivity index (χ1v) is 10.5. The summed E-state index contributed by atoms with van der Waals surface area (Å²) < 4.78 is 5.32. The fraction of sp³-hybridized carbons (Fsp3) is 0.217. The van der Waals surface area contributed by atoms with Crippen LogP contribution in [-0.2, 0) is 16.0 Å². The van der Waals surface area contributed by atoms with Crippen molar-refractivity contribution in [2.45, 2.75) is 19.3 Å². The van der Waals surface area contributed by atoms with Crippen LogP contribution in [0.15, 0.2) is 41.8 Å². The number of fused-ring (bicyclic) bond motifs is 2. The second-order valence-corrected chi connectivity index (χ2v) is 7.83. The summed E-state index contributed by atoms with van der Waals surface area (Å²) in [5, 5.41) is 13.8. The number of carbonyl (C=O) groups is 2. The van der Waals surface area contributed by atoms with Crippen LogP contribution >= 0.6 is 11.3 Å². The molecule has 1 amide bonds. The third kappa shape index (κ3) is 4.09. The zero-order valence-electron chi connectivity index (χ0n) is 16.2. The molecule has 30 heavy (non-hydrogen) atoms. The molecular weight excluding hydrogens is 398 g/mol. The second kappa shape index (κ2) is 8.89. The molecule has 1 N–H and O–H groups in total. The van der Waals surface area contributed by atoms with Gasteiger partial charge in [-0.1, -0.05) is 24.3 Å². The summed E-state index contributed by atoms with van der Waals surface area (Å²) in [6.45, 7) is -0.148. The van der Waals surface area contributed by atoms with E-state index in [1.165, 1.54) is 0 Å². The molecule has 0 unspecified atom stereocenters. The van der Waals surface area contributed by atoms with E-state index in [2.05, 4.69) is 17.5 Å². The first-order valence-electron chi connectivity index (χ1n) is 9.64. The molecule has 0 spiro atoms. The van der Waals surface area contributed by atoms with Gasteiger partial charge in [0, 0.05) is 16.8 Å². The Balaban J connectivity index is 1.65. The molecular formula is C23H19N3O3S. The Bertz CT molecular complexity index is 1180. The number of carbonyl (C=O) groups excluding carboxylic acids is 2. The fourth-order valence-corrected chi connectivity index (χ4v) is 4.25. The predicted molar refractivity (Wildman–Crippen MR) is 116 cm³/mol. The van der Waals surface area contributed by atoms with Gasteiger partial charge in [-0.3, -0.25) is 4.79 Å². The Morgan fingerprint density at radius 1 is 1.23 bits per heavy atom. The van der Waals surface area contributed by atoms with Crippen LogP contribution in [0, 0.1) is 11.3 Å². The van der Waals surface area contributed by atoms with Gasteiger partial charge in [0.2, 0.25) is 0 Å². The van der Waals surface area contributed by atoms with Gasteiger partial charge in [0.05, 0.1) is 29.3 Å². The number of hydrogen-bond donors (Lipinski definition) is 1. The van der Waals surface area contributed by atoms with Gasteiger partial charge in [0.1, 0.15) is 0 Å². The van der Waals surface area contributed by atoms with Crippen LogP contribution in [-0.4, -0.2) is 30.0 Å². The van der Waals surface area contributed by atoms with Crippen LogP contribution in [0.2, 0.25) is 0 Å². The van der Waals surface area contributed by atoms with Crippen LogP contribution in [0.5, 0.6) is 0 Å². The number of allylic oxidation sites excluding steroid dienone is 1. The first-order chi connectivity index (χ1) is 14.7. The number of aromatic nitrogens is 1. The van der Waals surface area contributed by atoms with Crippen molar-refractivity contribution in [2.24, 2.45) is 0 Å². The molecule has 6 nitrogen and oxygen atoms in total. The predicted octanol–water partition coefficient (Wildman–Crippen LogP) is 3.97. The van der Waals surface area contributed by atoms with E-state index in [0.717, 1.165) is 39.0 Å². The van der Waals surface area contributed by atoms with Crippen LogP contribution in [0.3, 0.4) is 0 Å². The topological polar surface area (TPSA) is 92.1 Å². The minimum Gasteiger partial charge on any atom is -0.452 e. The Hall–Kier alpha value is -3.50. The molecule has 1 aliphatic carbocycles. The van der Waals surface area contributed by atoms with Crippen molar-refractivity contribution >= 4 is 45.8 Å². The highest BCUT2D eigenvalue weighted by Gasteiger charge is 2.28. The summed E-state index contributed by atoms with van der Waals surface area (Å²) in [4.78, 5) is 30.8. The highest BCUT2D eigenvalue weighted by molar-refractivity contribution is 7.10. The van der Waals surface area contributed by atoms with Gasteiger partial charge in [-0.05, 0) is 47.6 Å². The average molecular weight is 417 g/mol. The van der Waals surface area contributed by atoms with E-state index < -0.39 is 11.9 Å². The highest BCUT2D eigenvalue weighted by Crippen LogP contribution is 2.38.